The molecule has 1 N–H and O–H groups in total. The summed E-state index contributed by atoms with van der Waals surface area (Å²) in [7, 11) is 0. The molecule has 3 saturated carbocycles. The number of benzene rings is 1. The molecule has 3 nitrogen and oxygen atoms in total. The SMILES string of the molecule is Cc1cc(N2CCc3sc(Br)cc3C2)cc(C)c1NC(=O)CC12CC(C1)C2. The van der Waals surface area contributed by atoms with Crippen LogP contribution in [-0.2, 0) is 17.8 Å². The van der Waals surface area contributed by atoms with Crippen LogP contribution in [0.15, 0.2) is 22.0 Å². The third-order valence-electron chi connectivity index (χ3n) is 6.68. The first-order chi connectivity index (χ1) is 12.9. The second-order valence-electron chi connectivity index (χ2n) is 8.83. The third-order valence-corrected chi connectivity index (χ3v) is 8.42. The minimum Gasteiger partial charge on any atom is -0.367 e. The van der Waals surface area contributed by atoms with Crippen LogP contribution in [0.4, 0.5) is 11.4 Å². The van der Waals surface area contributed by atoms with Crippen molar-refractivity contribution in [1.82, 2.24) is 0 Å². The zero-order valence-electron chi connectivity index (χ0n) is 15.9. The summed E-state index contributed by atoms with van der Waals surface area (Å²) in [6.45, 7) is 6.24. The molecule has 4 aliphatic rings. The van der Waals surface area contributed by atoms with Crippen LogP contribution in [0.2, 0.25) is 0 Å². The lowest BCUT2D eigenvalue weighted by molar-refractivity contribution is -0.139. The Morgan fingerprint density at radius 1 is 1.26 bits per heavy atom. The number of hydrogen-bond acceptors (Lipinski definition) is 3. The number of rotatable bonds is 4. The summed E-state index contributed by atoms with van der Waals surface area (Å²) in [4.78, 5) is 16.5. The highest BCUT2D eigenvalue weighted by atomic mass is 79.9. The van der Waals surface area contributed by atoms with Gasteiger partial charge in [0.15, 0.2) is 0 Å². The van der Waals surface area contributed by atoms with E-state index in [-0.39, 0.29) is 5.91 Å². The Balaban J connectivity index is 1.31. The Morgan fingerprint density at radius 2 is 1.96 bits per heavy atom. The van der Waals surface area contributed by atoms with Gasteiger partial charge in [-0.15, -0.1) is 11.3 Å². The fourth-order valence-corrected chi connectivity index (χ4v) is 6.98. The first kappa shape index (κ1) is 17.7. The minimum absolute atomic E-state index is 0.192. The molecule has 1 aliphatic heterocycles. The van der Waals surface area contributed by atoms with Gasteiger partial charge in [0, 0.05) is 35.8 Å². The number of halogens is 1. The van der Waals surface area contributed by atoms with Gasteiger partial charge in [-0.25, -0.2) is 0 Å². The number of carbonyl (C=O) groups excluding carboxylic acids is 1. The summed E-state index contributed by atoms with van der Waals surface area (Å²) in [6.07, 6.45) is 5.62. The number of aryl methyl sites for hydroxylation is 2. The molecule has 3 fully saturated rings. The second kappa shape index (κ2) is 6.35. The Morgan fingerprint density at radius 3 is 2.59 bits per heavy atom. The number of thiophene rings is 1. The molecule has 0 unspecified atom stereocenters. The van der Waals surface area contributed by atoms with Crippen LogP contribution in [0.1, 0.15) is 47.3 Å². The van der Waals surface area contributed by atoms with E-state index in [1.54, 1.807) is 0 Å². The Hall–Kier alpha value is -1.33. The quantitative estimate of drug-likeness (QED) is 0.643. The van der Waals surface area contributed by atoms with E-state index in [1.807, 2.05) is 11.3 Å². The molecular weight excluding hydrogens is 420 g/mol. The maximum atomic E-state index is 12.6. The van der Waals surface area contributed by atoms with Crippen molar-refractivity contribution in [2.45, 2.75) is 52.5 Å². The second-order valence-corrected chi connectivity index (χ2v) is 11.3. The molecular formula is C22H25BrN2OS. The Bertz CT molecular complexity index is 894. The summed E-state index contributed by atoms with van der Waals surface area (Å²) >= 11 is 5.48. The molecule has 0 spiro atoms. The topological polar surface area (TPSA) is 32.3 Å². The van der Waals surface area contributed by atoms with Crippen molar-refractivity contribution in [3.05, 3.63) is 43.6 Å². The van der Waals surface area contributed by atoms with Gasteiger partial charge in [0.25, 0.3) is 0 Å². The normalized spacial score (nSPS) is 25.4. The van der Waals surface area contributed by atoms with Crippen molar-refractivity contribution in [3.8, 4) is 0 Å². The molecule has 6 rings (SSSR count). The molecule has 142 valence electrons. The van der Waals surface area contributed by atoms with E-state index >= 15 is 0 Å². The molecule has 1 aromatic heterocycles. The molecule has 2 heterocycles. The molecule has 1 amide bonds. The van der Waals surface area contributed by atoms with Gasteiger partial charge in [-0.2, -0.15) is 0 Å². The lowest BCUT2D eigenvalue weighted by Gasteiger charge is -2.61. The maximum Gasteiger partial charge on any atom is 0.224 e. The molecule has 0 atom stereocenters. The van der Waals surface area contributed by atoms with E-state index in [2.05, 4.69) is 58.2 Å². The average Bonchev–Trinajstić information content (AvgIpc) is 2.92. The fourth-order valence-electron chi connectivity index (χ4n) is 5.24. The fraction of sp³-hybridized carbons (Fsp3) is 0.500. The molecule has 2 aromatic rings. The molecule has 27 heavy (non-hydrogen) atoms. The summed E-state index contributed by atoms with van der Waals surface area (Å²) in [5, 5.41) is 3.21. The summed E-state index contributed by atoms with van der Waals surface area (Å²) in [6, 6.07) is 6.72. The van der Waals surface area contributed by atoms with Crippen LogP contribution in [0.5, 0.6) is 0 Å². The van der Waals surface area contributed by atoms with Gasteiger partial charge in [-0.05, 0) is 102 Å². The number of carbonyl (C=O) groups is 1. The summed E-state index contributed by atoms with van der Waals surface area (Å²) in [5.41, 5.74) is 6.38. The van der Waals surface area contributed by atoms with Gasteiger partial charge < -0.3 is 10.2 Å². The molecule has 0 saturated heterocycles. The number of fused-ring (bicyclic) bond motifs is 1. The first-order valence-electron chi connectivity index (χ1n) is 9.84. The van der Waals surface area contributed by atoms with E-state index in [1.165, 1.54) is 39.2 Å². The van der Waals surface area contributed by atoms with Crippen LogP contribution in [-0.4, -0.2) is 12.5 Å². The molecule has 5 heteroatoms. The van der Waals surface area contributed by atoms with Gasteiger partial charge in [0.2, 0.25) is 5.91 Å². The van der Waals surface area contributed by atoms with Crippen molar-refractivity contribution < 1.29 is 4.79 Å². The maximum absolute atomic E-state index is 12.6. The van der Waals surface area contributed by atoms with Gasteiger partial charge >= 0.3 is 0 Å². The van der Waals surface area contributed by atoms with Gasteiger partial charge in [-0.1, -0.05) is 0 Å². The number of amides is 1. The van der Waals surface area contributed by atoms with Gasteiger partial charge in [0.05, 0.1) is 3.79 Å². The number of anilines is 2. The molecule has 0 radical (unpaired) electrons. The highest BCUT2D eigenvalue weighted by Gasteiger charge is 2.56. The van der Waals surface area contributed by atoms with Crippen LogP contribution in [0.3, 0.4) is 0 Å². The zero-order chi connectivity index (χ0) is 18.8. The van der Waals surface area contributed by atoms with E-state index in [0.717, 1.165) is 42.2 Å². The summed E-state index contributed by atoms with van der Waals surface area (Å²) in [5.74, 6) is 1.12. The van der Waals surface area contributed by atoms with Crippen molar-refractivity contribution in [2.75, 3.05) is 16.8 Å². The third kappa shape index (κ3) is 3.13. The van der Waals surface area contributed by atoms with Crippen LogP contribution < -0.4 is 10.2 Å². The average molecular weight is 445 g/mol. The monoisotopic (exact) mass is 444 g/mol. The Kier molecular flexibility index (Phi) is 4.17. The van der Waals surface area contributed by atoms with E-state index in [4.69, 9.17) is 0 Å². The van der Waals surface area contributed by atoms with E-state index in [9.17, 15) is 4.79 Å². The minimum atomic E-state index is 0.192. The number of nitrogens with zero attached hydrogens (tertiary/aromatic N) is 1. The smallest absolute Gasteiger partial charge is 0.224 e. The predicted molar refractivity (Wildman–Crippen MR) is 116 cm³/mol. The standard InChI is InChI=1S/C22H25BrN2OS/c1-13-5-17(25-4-3-18-16(12-25)7-19(23)27-18)6-14(2)21(13)24-20(26)11-22-8-15(9-22)10-22/h5-7,15H,3-4,8-12H2,1-2H3,(H,24,26). The lowest BCUT2D eigenvalue weighted by Crippen LogP contribution is -2.53. The van der Waals surface area contributed by atoms with Crippen LogP contribution in [0, 0.1) is 25.2 Å². The predicted octanol–water partition coefficient (Wildman–Crippen LogP) is 5.82. The highest BCUT2D eigenvalue weighted by molar-refractivity contribution is 9.11. The lowest BCUT2D eigenvalue weighted by atomic mass is 9.43. The molecule has 3 aliphatic carbocycles. The van der Waals surface area contributed by atoms with Gasteiger partial charge in [-0.3, -0.25) is 4.79 Å². The first-order valence-corrected chi connectivity index (χ1v) is 11.4. The molecule has 1 aromatic carbocycles. The number of hydrogen-bond donors (Lipinski definition) is 1. The summed E-state index contributed by atoms with van der Waals surface area (Å²) < 4.78 is 1.23. The van der Waals surface area contributed by atoms with E-state index < -0.39 is 0 Å². The number of nitrogens with one attached hydrogen (secondary N) is 1. The highest BCUT2D eigenvalue weighted by Crippen LogP contribution is 2.66. The van der Waals surface area contributed by atoms with Crippen LogP contribution in [0.25, 0.3) is 0 Å². The van der Waals surface area contributed by atoms with Gasteiger partial charge in [0.1, 0.15) is 0 Å². The van der Waals surface area contributed by atoms with Crippen molar-refractivity contribution in [3.63, 3.8) is 0 Å². The van der Waals surface area contributed by atoms with Crippen molar-refractivity contribution in [1.29, 1.82) is 0 Å². The molecule has 2 bridgehead atoms. The van der Waals surface area contributed by atoms with Crippen LogP contribution >= 0.6 is 27.3 Å². The van der Waals surface area contributed by atoms with Crippen molar-refractivity contribution in [2.24, 2.45) is 11.3 Å². The zero-order valence-corrected chi connectivity index (χ0v) is 18.3. The largest absolute Gasteiger partial charge is 0.367 e. The van der Waals surface area contributed by atoms with Crippen molar-refractivity contribution >= 4 is 44.5 Å². The van der Waals surface area contributed by atoms with E-state index in [0.29, 0.717) is 11.8 Å². The Labute approximate surface area is 173 Å².